The molecule has 1 N–H and O–H groups in total. The van der Waals surface area contributed by atoms with E-state index in [1.54, 1.807) is 24.5 Å². The molecule has 2 aromatic rings. The molecule has 0 atom stereocenters. The molecular weight excluding hydrogens is 257 g/mol. The zero-order valence-corrected chi connectivity index (χ0v) is 11.9. The molecule has 0 aliphatic rings. The molecule has 4 heteroatoms. The molecular formula is C16H20FNO2. The fourth-order valence-electron chi connectivity index (χ4n) is 1.83. The van der Waals surface area contributed by atoms with Gasteiger partial charge in [0.05, 0.1) is 26.0 Å². The van der Waals surface area contributed by atoms with Gasteiger partial charge in [0, 0.05) is 17.2 Å². The van der Waals surface area contributed by atoms with Crippen LogP contribution in [0.3, 0.4) is 0 Å². The van der Waals surface area contributed by atoms with Gasteiger partial charge in [-0.15, -0.1) is 0 Å². The van der Waals surface area contributed by atoms with Crippen LogP contribution in [0.1, 0.15) is 30.7 Å². The van der Waals surface area contributed by atoms with Gasteiger partial charge in [-0.2, -0.15) is 0 Å². The van der Waals surface area contributed by atoms with Gasteiger partial charge in [-0.1, -0.05) is 32.0 Å². The Hall–Kier alpha value is -1.65. The number of ether oxygens (including phenoxy) is 1. The van der Waals surface area contributed by atoms with Crippen LogP contribution in [-0.4, -0.2) is 6.04 Å². The second-order valence-electron chi connectivity index (χ2n) is 4.99. The summed E-state index contributed by atoms with van der Waals surface area (Å²) in [6.45, 7) is 5.51. The van der Waals surface area contributed by atoms with Crippen LogP contribution in [0.2, 0.25) is 0 Å². The van der Waals surface area contributed by atoms with Crippen molar-refractivity contribution >= 4 is 0 Å². The summed E-state index contributed by atoms with van der Waals surface area (Å²) in [5.74, 6) is 0.633. The maximum atomic E-state index is 13.4. The third-order valence-electron chi connectivity index (χ3n) is 2.98. The van der Waals surface area contributed by atoms with Gasteiger partial charge in [0.25, 0.3) is 0 Å². The molecule has 0 spiro atoms. The monoisotopic (exact) mass is 277 g/mol. The molecule has 0 saturated heterocycles. The van der Waals surface area contributed by atoms with E-state index in [1.807, 2.05) is 6.07 Å². The van der Waals surface area contributed by atoms with E-state index < -0.39 is 0 Å². The van der Waals surface area contributed by atoms with E-state index >= 15 is 0 Å². The summed E-state index contributed by atoms with van der Waals surface area (Å²) < 4.78 is 24.4. The van der Waals surface area contributed by atoms with Crippen molar-refractivity contribution in [2.45, 2.75) is 39.6 Å². The van der Waals surface area contributed by atoms with Crippen LogP contribution in [0, 0.1) is 5.82 Å². The maximum absolute atomic E-state index is 13.4. The van der Waals surface area contributed by atoms with Crippen molar-refractivity contribution in [2.75, 3.05) is 0 Å². The van der Waals surface area contributed by atoms with Gasteiger partial charge in [0.1, 0.15) is 11.6 Å². The minimum absolute atomic E-state index is 0.235. The molecule has 0 aliphatic carbocycles. The summed E-state index contributed by atoms with van der Waals surface area (Å²) in [6, 6.07) is 8.92. The van der Waals surface area contributed by atoms with Crippen molar-refractivity contribution in [1.29, 1.82) is 0 Å². The van der Waals surface area contributed by atoms with Gasteiger partial charge in [-0.25, -0.2) is 4.39 Å². The SMILES string of the molecule is CC(C)NCc1occc1COCc1ccccc1F. The molecule has 0 saturated carbocycles. The van der Waals surface area contributed by atoms with Gasteiger partial charge < -0.3 is 14.5 Å². The average molecular weight is 277 g/mol. The van der Waals surface area contributed by atoms with Crippen molar-refractivity contribution in [3.8, 4) is 0 Å². The lowest BCUT2D eigenvalue weighted by molar-refractivity contribution is 0.103. The van der Waals surface area contributed by atoms with E-state index in [-0.39, 0.29) is 12.4 Å². The third kappa shape index (κ3) is 4.18. The number of rotatable bonds is 7. The van der Waals surface area contributed by atoms with Crippen molar-refractivity contribution in [2.24, 2.45) is 0 Å². The van der Waals surface area contributed by atoms with Crippen molar-refractivity contribution in [3.05, 3.63) is 59.3 Å². The van der Waals surface area contributed by atoms with Crippen LogP contribution in [0.15, 0.2) is 41.0 Å². The molecule has 0 bridgehead atoms. The highest BCUT2D eigenvalue weighted by molar-refractivity contribution is 5.17. The summed E-state index contributed by atoms with van der Waals surface area (Å²) in [7, 11) is 0. The van der Waals surface area contributed by atoms with E-state index in [1.165, 1.54) is 6.07 Å². The first-order chi connectivity index (χ1) is 9.66. The Labute approximate surface area is 118 Å². The number of nitrogens with one attached hydrogen (secondary N) is 1. The van der Waals surface area contributed by atoms with Crippen LogP contribution in [0.25, 0.3) is 0 Å². The number of hydrogen-bond donors (Lipinski definition) is 1. The summed E-state index contributed by atoms with van der Waals surface area (Å²) >= 11 is 0. The minimum atomic E-state index is -0.235. The number of benzene rings is 1. The van der Waals surface area contributed by atoms with Crippen molar-refractivity contribution < 1.29 is 13.5 Å². The molecule has 0 fully saturated rings. The van der Waals surface area contributed by atoms with Crippen LogP contribution in [-0.2, 0) is 24.5 Å². The topological polar surface area (TPSA) is 34.4 Å². The summed E-state index contributed by atoms with van der Waals surface area (Å²) in [6.07, 6.45) is 1.65. The van der Waals surface area contributed by atoms with Crippen molar-refractivity contribution in [3.63, 3.8) is 0 Å². The molecule has 0 amide bonds. The average Bonchev–Trinajstić information content (AvgIpc) is 2.86. The zero-order chi connectivity index (χ0) is 14.4. The van der Waals surface area contributed by atoms with Gasteiger partial charge >= 0.3 is 0 Å². The lowest BCUT2D eigenvalue weighted by atomic mass is 10.2. The van der Waals surface area contributed by atoms with Gasteiger partial charge in [-0.05, 0) is 12.1 Å². The second-order valence-corrected chi connectivity index (χ2v) is 4.99. The molecule has 20 heavy (non-hydrogen) atoms. The largest absolute Gasteiger partial charge is 0.468 e. The fraction of sp³-hybridized carbons (Fsp3) is 0.375. The van der Waals surface area contributed by atoms with E-state index in [0.29, 0.717) is 24.8 Å². The molecule has 0 unspecified atom stereocenters. The maximum Gasteiger partial charge on any atom is 0.128 e. The van der Waals surface area contributed by atoms with Crippen LogP contribution in [0.5, 0.6) is 0 Å². The highest BCUT2D eigenvalue weighted by Gasteiger charge is 2.08. The minimum Gasteiger partial charge on any atom is -0.468 e. The Morgan fingerprint density at radius 3 is 2.65 bits per heavy atom. The number of halogens is 1. The fourth-order valence-corrected chi connectivity index (χ4v) is 1.83. The zero-order valence-electron chi connectivity index (χ0n) is 11.9. The standard InChI is InChI=1S/C16H20FNO2/c1-12(2)18-9-16-14(7-8-20-16)11-19-10-13-5-3-4-6-15(13)17/h3-8,12,18H,9-11H2,1-2H3. The predicted molar refractivity (Wildman–Crippen MR) is 75.6 cm³/mol. The lowest BCUT2D eigenvalue weighted by Crippen LogP contribution is -2.22. The van der Waals surface area contributed by atoms with Crippen molar-refractivity contribution in [1.82, 2.24) is 5.32 Å². The third-order valence-corrected chi connectivity index (χ3v) is 2.98. The molecule has 0 aliphatic heterocycles. The molecule has 108 valence electrons. The van der Waals surface area contributed by atoms with Crippen LogP contribution in [0.4, 0.5) is 4.39 Å². The Balaban J connectivity index is 1.85. The number of hydrogen-bond acceptors (Lipinski definition) is 3. The first-order valence-electron chi connectivity index (χ1n) is 6.76. The summed E-state index contributed by atoms with van der Waals surface area (Å²) in [4.78, 5) is 0. The molecule has 2 rings (SSSR count). The first kappa shape index (κ1) is 14.8. The Bertz CT molecular complexity index is 537. The molecule has 1 heterocycles. The quantitative estimate of drug-likeness (QED) is 0.839. The highest BCUT2D eigenvalue weighted by Crippen LogP contribution is 2.14. The Morgan fingerprint density at radius 1 is 1.15 bits per heavy atom. The number of furan rings is 1. The van der Waals surface area contributed by atoms with Crippen LogP contribution >= 0.6 is 0 Å². The van der Waals surface area contributed by atoms with E-state index in [4.69, 9.17) is 9.15 Å². The molecule has 3 nitrogen and oxygen atoms in total. The van der Waals surface area contributed by atoms with E-state index in [9.17, 15) is 4.39 Å². The van der Waals surface area contributed by atoms with Gasteiger partial charge in [-0.3, -0.25) is 0 Å². The normalized spacial score (nSPS) is 11.2. The predicted octanol–water partition coefficient (Wildman–Crippen LogP) is 3.63. The second kappa shape index (κ2) is 7.22. The Kier molecular flexibility index (Phi) is 5.32. The lowest BCUT2D eigenvalue weighted by Gasteiger charge is -2.08. The molecule has 0 radical (unpaired) electrons. The van der Waals surface area contributed by atoms with Gasteiger partial charge in [0.2, 0.25) is 0 Å². The van der Waals surface area contributed by atoms with E-state index in [0.717, 1.165) is 11.3 Å². The first-order valence-corrected chi connectivity index (χ1v) is 6.76. The van der Waals surface area contributed by atoms with Gasteiger partial charge in [0.15, 0.2) is 0 Å². The smallest absolute Gasteiger partial charge is 0.128 e. The van der Waals surface area contributed by atoms with E-state index in [2.05, 4.69) is 19.2 Å². The summed E-state index contributed by atoms with van der Waals surface area (Å²) in [5, 5.41) is 3.30. The Morgan fingerprint density at radius 2 is 1.90 bits per heavy atom. The molecule has 1 aromatic heterocycles. The molecule has 1 aromatic carbocycles. The summed E-state index contributed by atoms with van der Waals surface area (Å²) in [5.41, 5.74) is 1.56. The highest BCUT2D eigenvalue weighted by atomic mass is 19.1. The van der Waals surface area contributed by atoms with Crippen LogP contribution < -0.4 is 5.32 Å².